The predicted octanol–water partition coefficient (Wildman–Crippen LogP) is 1.67. The first-order valence-electron chi connectivity index (χ1n) is 8.57. The Balaban J connectivity index is 0.000000527. The van der Waals surface area contributed by atoms with E-state index in [0.717, 1.165) is 13.1 Å². The molecule has 3 N–H and O–H groups in total. The van der Waals surface area contributed by atoms with Gasteiger partial charge in [-0.3, -0.25) is 9.69 Å². The maximum absolute atomic E-state index is 12.2. The molecule has 2 rings (SSSR count). The lowest BCUT2D eigenvalue weighted by molar-refractivity contribution is -0.159. The van der Waals surface area contributed by atoms with Crippen molar-refractivity contribution in [1.82, 2.24) is 4.90 Å². The molecule has 27 heavy (non-hydrogen) atoms. The highest BCUT2D eigenvalue weighted by molar-refractivity contribution is 6.27. The summed E-state index contributed by atoms with van der Waals surface area (Å²) in [6.45, 7) is 2.44. The number of carboxylic acid groups (broad SMARTS) is 2. The first-order valence-corrected chi connectivity index (χ1v) is 8.57. The summed E-state index contributed by atoms with van der Waals surface area (Å²) in [5.74, 6) is -2.32. The van der Waals surface area contributed by atoms with Crippen LogP contribution >= 0.6 is 0 Å². The molecule has 1 saturated heterocycles. The SMILES string of the molecule is COc1ccc(OC)c(NC(=O)CN2CCCCCC2)c1.O=C(O)C(=O)O. The van der Waals surface area contributed by atoms with E-state index < -0.39 is 11.9 Å². The third-order valence-electron chi connectivity index (χ3n) is 3.93. The lowest BCUT2D eigenvalue weighted by Gasteiger charge is -2.19. The number of hydrogen-bond acceptors (Lipinski definition) is 6. The van der Waals surface area contributed by atoms with Crippen molar-refractivity contribution in [2.45, 2.75) is 25.7 Å². The van der Waals surface area contributed by atoms with Gasteiger partial charge in [-0.2, -0.15) is 0 Å². The fraction of sp³-hybridized carbons (Fsp3) is 0.500. The summed E-state index contributed by atoms with van der Waals surface area (Å²) < 4.78 is 10.5. The van der Waals surface area contributed by atoms with E-state index in [1.54, 1.807) is 26.4 Å². The number of benzene rings is 1. The molecule has 1 heterocycles. The summed E-state index contributed by atoms with van der Waals surface area (Å²) in [6.07, 6.45) is 4.88. The Morgan fingerprint density at radius 2 is 1.59 bits per heavy atom. The summed E-state index contributed by atoms with van der Waals surface area (Å²) in [6, 6.07) is 5.38. The number of likely N-dealkylation sites (tertiary alicyclic amines) is 1. The monoisotopic (exact) mass is 382 g/mol. The zero-order chi connectivity index (χ0) is 20.2. The maximum Gasteiger partial charge on any atom is 0.414 e. The second kappa shape index (κ2) is 11.7. The smallest absolute Gasteiger partial charge is 0.414 e. The standard InChI is InChI=1S/C16H24N2O3.C2H2O4/c1-20-13-7-8-15(21-2)14(11-13)17-16(19)12-18-9-5-3-4-6-10-18;3-1(4)2(5)6/h7-8,11H,3-6,9-10,12H2,1-2H3,(H,17,19);(H,3,4)(H,5,6). The molecule has 0 spiro atoms. The number of amides is 1. The second-order valence-corrected chi connectivity index (χ2v) is 5.92. The van der Waals surface area contributed by atoms with Gasteiger partial charge in [0, 0.05) is 6.07 Å². The van der Waals surface area contributed by atoms with E-state index in [1.807, 2.05) is 6.07 Å². The fourth-order valence-electron chi connectivity index (χ4n) is 2.60. The number of nitrogens with zero attached hydrogens (tertiary/aromatic N) is 1. The largest absolute Gasteiger partial charge is 0.497 e. The Bertz CT molecular complexity index is 629. The van der Waals surface area contributed by atoms with Crippen molar-refractivity contribution in [3.63, 3.8) is 0 Å². The van der Waals surface area contributed by atoms with E-state index in [9.17, 15) is 4.79 Å². The molecule has 1 amide bonds. The van der Waals surface area contributed by atoms with Gasteiger partial charge in [-0.25, -0.2) is 9.59 Å². The van der Waals surface area contributed by atoms with Crippen LogP contribution in [0.25, 0.3) is 0 Å². The minimum Gasteiger partial charge on any atom is -0.497 e. The van der Waals surface area contributed by atoms with Crippen molar-refractivity contribution in [2.75, 3.05) is 39.2 Å². The molecule has 1 aromatic rings. The zero-order valence-electron chi connectivity index (χ0n) is 15.6. The van der Waals surface area contributed by atoms with Gasteiger partial charge in [0.1, 0.15) is 11.5 Å². The van der Waals surface area contributed by atoms with Crippen LogP contribution in [0, 0.1) is 0 Å². The van der Waals surface area contributed by atoms with Crippen molar-refractivity contribution in [2.24, 2.45) is 0 Å². The minimum atomic E-state index is -1.82. The van der Waals surface area contributed by atoms with Gasteiger partial charge in [-0.15, -0.1) is 0 Å². The first-order chi connectivity index (χ1) is 12.9. The maximum atomic E-state index is 12.2. The van der Waals surface area contributed by atoms with Crippen molar-refractivity contribution < 1.29 is 34.1 Å². The number of carboxylic acids is 2. The Morgan fingerprint density at radius 1 is 1.00 bits per heavy atom. The molecule has 1 fully saturated rings. The van der Waals surface area contributed by atoms with Crippen LogP contribution in [0.3, 0.4) is 0 Å². The van der Waals surface area contributed by atoms with Crippen LogP contribution in [0.5, 0.6) is 11.5 Å². The van der Waals surface area contributed by atoms with Gasteiger partial charge in [-0.05, 0) is 38.1 Å². The quantitative estimate of drug-likeness (QED) is 0.657. The highest BCUT2D eigenvalue weighted by Crippen LogP contribution is 2.28. The lowest BCUT2D eigenvalue weighted by atomic mass is 10.2. The summed E-state index contributed by atoms with van der Waals surface area (Å²) in [7, 11) is 3.19. The molecule has 0 radical (unpaired) electrons. The van der Waals surface area contributed by atoms with E-state index in [2.05, 4.69) is 10.2 Å². The summed E-state index contributed by atoms with van der Waals surface area (Å²) >= 11 is 0. The third-order valence-corrected chi connectivity index (χ3v) is 3.93. The average molecular weight is 382 g/mol. The van der Waals surface area contributed by atoms with Crippen LogP contribution in [0.1, 0.15) is 25.7 Å². The molecule has 9 heteroatoms. The van der Waals surface area contributed by atoms with Gasteiger partial charge in [0.15, 0.2) is 0 Å². The molecule has 1 aliphatic rings. The van der Waals surface area contributed by atoms with Gasteiger partial charge in [0.2, 0.25) is 5.91 Å². The molecule has 0 aliphatic carbocycles. The van der Waals surface area contributed by atoms with Crippen LogP contribution < -0.4 is 14.8 Å². The molecular formula is C18H26N2O7. The average Bonchev–Trinajstić information content (AvgIpc) is 2.90. The Labute approximate surface area is 157 Å². The van der Waals surface area contributed by atoms with Crippen LogP contribution in [0.15, 0.2) is 18.2 Å². The lowest BCUT2D eigenvalue weighted by Crippen LogP contribution is -2.34. The number of aliphatic carboxylic acids is 2. The van der Waals surface area contributed by atoms with E-state index in [4.69, 9.17) is 29.3 Å². The van der Waals surface area contributed by atoms with E-state index >= 15 is 0 Å². The number of nitrogens with one attached hydrogen (secondary N) is 1. The van der Waals surface area contributed by atoms with Crippen LogP contribution in [0.2, 0.25) is 0 Å². The molecule has 0 atom stereocenters. The topological polar surface area (TPSA) is 125 Å². The van der Waals surface area contributed by atoms with Gasteiger partial charge >= 0.3 is 11.9 Å². The summed E-state index contributed by atoms with van der Waals surface area (Å²) in [5, 5.41) is 17.7. The third kappa shape index (κ3) is 8.41. The summed E-state index contributed by atoms with van der Waals surface area (Å²) in [4.78, 5) is 32.6. The molecule has 1 aromatic carbocycles. The van der Waals surface area contributed by atoms with Gasteiger partial charge in [-0.1, -0.05) is 12.8 Å². The highest BCUT2D eigenvalue weighted by Gasteiger charge is 2.15. The Hall–Kier alpha value is -2.81. The molecule has 150 valence electrons. The Morgan fingerprint density at radius 3 is 2.07 bits per heavy atom. The number of anilines is 1. The predicted molar refractivity (Wildman–Crippen MR) is 98.4 cm³/mol. The number of ether oxygens (including phenoxy) is 2. The number of carbonyl (C=O) groups is 3. The summed E-state index contributed by atoms with van der Waals surface area (Å²) in [5.41, 5.74) is 0.650. The molecule has 9 nitrogen and oxygen atoms in total. The van der Waals surface area contributed by atoms with Crippen molar-refractivity contribution >= 4 is 23.5 Å². The van der Waals surface area contributed by atoms with E-state index in [1.165, 1.54) is 25.7 Å². The molecule has 1 aliphatic heterocycles. The molecule has 0 saturated carbocycles. The Kier molecular flexibility index (Phi) is 9.66. The van der Waals surface area contributed by atoms with Crippen LogP contribution in [-0.4, -0.2) is 66.8 Å². The minimum absolute atomic E-state index is 0.0107. The van der Waals surface area contributed by atoms with Crippen molar-refractivity contribution in [3.8, 4) is 11.5 Å². The van der Waals surface area contributed by atoms with Gasteiger partial charge in [0.25, 0.3) is 0 Å². The number of carbonyl (C=O) groups excluding carboxylic acids is 1. The van der Waals surface area contributed by atoms with Crippen LogP contribution in [-0.2, 0) is 14.4 Å². The molecule has 0 unspecified atom stereocenters. The molecule has 0 bridgehead atoms. The molecule has 0 aromatic heterocycles. The van der Waals surface area contributed by atoms with Crippen LogP contribution in [0.4, 0.5) is 5.69 Å². The van der Waals surface area contributed by atoms with Crippen molar-refractivity contribution in [1.29, 1.82) is 0 Å². The highest BCUT2D eigenvalue weighted by atomic mass is 16.5. The number of rotatable bonds is 5. The normalized spacial score (nSPS) is 14.1. The fourth-order valence-corrected chi connectivity index (χ4v) is 2.60. The van der Waals surface area contributed by atoms with E-state index in [0.29, 0.717) is 23.7 Å². The number of methoxy groups -OCH3 is 2. The molecular weight excluding hydrogens is 356 g/mol. The van der Waals surface area contributed by atoms with Crippen molar-refractivity contribution in [3.05, 3.63) is 18.2 Å². The number of hydrogen-bond donors (Lipinski definition) is 3. The van der Waals surface area contributed by atoms with Gasteiger partial charge in [0.05, 0.1) is 26.5 Å². The first kappa shape index (κ1) is 22.2. The zero-order valence-corrected chi connectivity index (χ0v) is 15.6. The van der Waals surface area contributed by atoms with E-state index in [-0.39, 0.29) is 5.91 Å². The second-order valence-electron chi connectivity index (χ2n) is 5.92. The van der Waals surface area contributed by atoms with Gasteiger partial charge < -0.3 is 25.0 Å².